The quantitative estimate of drug-likeness (QED) is 0.896. The lowest BCUT2D eigenvalue weighted by atomic mass is 9.73. The molecule has 1 saturated carbocycles. The molecule has 3 rings (SSSR count). The van der Waals surface area contributed by atoms with Crippen LogP contribution in [-0.4, -0.2) is 17.1 Å². The third-order valence-electron chi connectivity index (χ3n) is 4.86. The van der Waals surface area contributed by atoms with E-state index in [9.17, 15) is 0 Å². The van der Waals surface area contributed by atoms with E-state index >= 15 is 0 Å². The van der Waals surface area contributed by atoms with E-state index in [1.165, 1.54) is 30.0 Å². The van der Waals surface area contributed by atoms with E-state index in [0.29, 0.717) is 12.5 Å². The van der Waals surface area contributed by atoms with Crippen LogP contribution in [0.15, 0.2) is 36.5 Å². The van der Waals surface area contributed by atoms with Gasteiger partial charge in [0.05, 0.1) is 5.54 Å². The van der Waals surface area contributed by atoms with Crippen molar-refractivity contribution in [2.24, 2.45) is 11.7 Å². The molecule has 1 heterocycles. The Morgan fingerprint density at radius 2 is 2.15 bits per heavy atom. The van der Waals surface area contributed by atoms with E-state index in [1.54, 1.807) is 0 Å². The molecule has 1 aliphatic rings. The van der Waals surface area contributed by atoms with Crippen molar-refractivity contribution in [3.63, 3.8) is 0 Å². The molecule has 1 fully saturated rings. The summed E-state index contributed by atoms with van der Waals surface area (Å²) < 4.78 is 0. The molecule has 0 aliphatic heterocycles. The summed E-state index contributed by atoms with van der Waals surface area (Å²) in [5.74, 6) is 1.56. The highest BCUT2D eigenvalue weighted by molar-refractivity contribution is 5.91. The van der Waals surface area contributed by atoms with E-state index < -0.39 is 0 Å². The van der Waals surface area contributed by atoms with Crippen molar-refractivity contribution in [1.82, 2.24) is 4.98 Å². The lowest BCUT2D eigenvalue weighted by Crippen LogP contribution is -2.52. The average molecular weight is 269 g/mol. The van der Waals surface area contributed by atoms with Gasteiger partial charge < -0.3 is 11.1 Å². The predicted octanol–water partition coefficient (Wildman–Crippen LogP) is 3.55. The lowest BCUT2D eigenvalue weighted by Gasteiger charge is -2.43. The molecule has 0 spiro atoms. The van der Waals surface area contributed by atoms with Crippen LogP contribution < -0.4 is 11.1 Å². The molecule has 0 bridgehead atoms. The van der Waals surface area contributed by atoms with Gasteiger partial charge in [0, 0.05) is 18.1 Å². The first-order chi connectivity index (χ1) is 9.75. The molecule has 106 valence electrons. The van der Waals surface area contributed by atoms with Crippen LogP contribution in [0.5, 0.6) is 0 Å². The van der Waals surface area contributed by atoms with E-state index in [-0.39, 0.29) is 5.54 Å². The van der Waals surface area contributed by atoms with Gasteiger partial charge in [0.15, 0.2) is 0 Å². The van der Waals surface area contributed by atoms with Crippen molar-refractivity contribution in [2.45, 2.75) is 38.1 Å². The fraction of sp³-hybridized carbons (Fsp3) is 0.471. The van der Waals surface area contributed by atoms with Crippen molar-refractivity contribution < 1.29 is 0 Å². The highest BCUT2D eigenvalue weighted by Crippen LogP contribution is 2.36. The number of hydrogen-bond acceptors (Lipinski definition) is 3. The molecule has 0 saturated heterocycles. The molecule has 2 aromatic rings. The Morgan fingerprint density at radius 3 is 2.95 bits per heavy atom. The third kappa shape index (κ3) is 2.27. The maximum absolute atomic E-state index is 6.13. The van der Waals surface area contributed by atoms with Crippen molar-refractivity contribution in [3.05, 3.63) is 36.5 Å². The molecular weight excluding hydrogens is 246 g/mol. The van der Waals surface area contributed by atoms with Crippen LogP contribution in [0.4, 0.5) is 5.82 Å². The van der Waals surface area contributed by atoms with Crippen LogP contribution in [0.3, 0.4) is 0 Å². The van der Waals surface area contributed by atoms with Gasteiger partial charge in [-0.05, 0) is 30.2 Å². The summed E-state index contributed by atoms with van der Waals surface area (Å²) >= 11 is 0. The second-order valence-corrected chi connectivity index (χ2v) is 6.01. The minimum absolute atomic E-state index is 0.00459. The van der Waals surface area contributed by atoms with Crippen LogP contribution in [-0.2, 0) is 0 Å². The number of hydrogen-bond donors (Lipinski definition) is 2. The molecule has 2 unspecified atom stereocenters. The number of nitrogens with two attached hydrogens (primary N) is 1. The number of anilines is 1. The van der Waals surface area contributed by atoms with Crippen molar-refractivity contribution >= 4 is 16.6 Å². The Kier molecular flexibility index (Phi) is 3.62. The summed E-state index contributed by atoms with van der Waals surface area (Å²) in [6.07, 6.45) is 6.82. The zero-order valence-electron chi connectivity index (χ0n) is 12.1. The summed E-state index contributed by atoms with van der Waals surface area (Å²) in [4.78, 5) is 4.56. The summed E-state index contributed by atoms with van der Waals surface area (Å²) in [5.41, 5.74) is 6.13. The normalized spacial score (nSPS) is 26.6. The summed E-state index contributed by atoms with van der Waals surface area (Å²) in [7, 11) is 0. The number of nitrogens with zero attached hydrogens (tertiary/aromatic N) is 1. The second kappa shape index (κ2) is 5.41. The van der Waals surface area contributed by atoms with Gasteiger partial charge in [-0.2, -0.15) is 0 Å². The number of fused-ring (bicyclic) bond motifs is 1. The van der Waals surface area contributed by atoms with Gasteiger partial charge in [0.25, 0.3) is 0 Å². The van der Waals surface area contributed by atoms with Gasteiger partial charge in [-0.3, -0.25) is 0 Å². The van der Waals surface area contributed by atoms with E-state index in [2.05, 4.69) is 47.6 Å². The molecule has 20 heavy (non-hydrogen) atoms. The Bertz CT molecular complexity index is 590. The number of pyridine rings is 1. The smallest absolute Gasteiger partial charge is 0.134 e. The van der Waals surface area contributed by atoms with Crippen LogP contribution in [0.2, 0.25) is 0 Å². The topological polar surface area (TPSA) is 50.9 Å². The fourth-order valence-corrected chi connectivity index (χ4v) is 3.41. The van der Waals surface area contributed by atoms with Crippen molar-refractivity contribution in [3.8, 4) is 0 Å². The molecule has 0 radical (unpaired) electrons. The zero-order chi connectivity index (χ0) is 14.0. The zero-order valence-corrected chi connectivity index (χ0v) is 12.1. The highest BCUT2D eigenvalue weighted by atomic mass is 15.1. The first-order valence-corrected chi connectivity index (χ1v) is 7.57. The molecule has 2 atom stereocenters. The Morgan fingerprint density at radius 1 is 1.30 bits per heavy atom. The first-order valence-electron chi connectivity index (χ1n) is 7.57. The van der Waals surface area contributed by atoms with Crippen LogP contribution in [0.25, 0.3) is 10.8 Å². The van der Waals surface area contributed by atoms with Crippen LogP contribution in [0.1, 0.15) is 32.6 Å². The molecule has 3 N–H and O–H groups in total. The highest BCUT2D eigenvalue weighted by Gasteiger charge is 2.37. The molecule has 0 amide bonds. The average Bonchev–Trinajstić information content (AvgIpc) is 2.50. The summed E-state index contributed by atoms with van der Waals surface area (Å²) in [6.45, 7) is 2.98. The van der Waals surface area contributed by atoms with Crippen molar-refractivity contribution in [2.75, 3.05) is 11.9 Å². The number of nitrogens with one attached hydrogen (secondary N) is 1. The largest absolute Gasteiger partial charge is 0.363 e. The minimum Gasteiger partial charge on any atom is -0.363 e. The number of benzene rings is 1. The number of rotatable bonds is 3. The third-order valence-corrected chi connectivity index (χ3v) is 4.86. The molecule has 3 heteroatoms. The lowest BCUT2D eigenvalue weighted by molar-refractivity contribution is 0.235. The summed E-state index contributed by atoms with van der Waals surface area (Å²) in [5, 5.41) is 6.10. The summed E-state index contributed by atoms with van der Waals surface area (Å²) in [6, 6.07) is 10.4. The van der Waals surface area contributed by atoms with Crippen molar-refractivity contribution in [1.29, 1.82) is 0 Å². The molecular formula is C17H23N3. The van der Waals surface area contributed by atoms with Gasteiger partial charge in [0.2, 0.25) is 0 Å². The monoisotopic (exact) mass is 269 g/mol. The van der Waals surface area contributed by atoms with E-state index in [1.807, 2.05) is 6.20 Å². The maximum atomic E-state index is 6.13. The fourth-order valence-electron chi connectivity index (χ4n) is 3.41. The maximum Gasteiger partial charge on any atom is 0.134 e. The predicted molar refractivity (Wildman–Crippen MR) is 84.8 cm³/mol. The second-order valence-electron chi connectivity index (χ2n) is 6.01. The standard InChI is InChI=1S/C17H23N3/c1-13-6-4-5-10-17(13,12-18)20-16-15-8-3-2-7-14(15)9-11-19-16/h2-3,7-9,11,13H,4-6,10,12,18H2,1H3,(H,19,20). The van der Waals surface area contributed by atoms with Gasteiger partial charge in [-0.15, -0.1) is 0 Å². The van der Waals surface area contributed by atoms with E-state index in [0.717, 1.165) is 12.2 Å². The number of aromatic nitrogens is 1. The van der Waals surface area contributed by atoms with E-state index in [4.69, 9.17) is 5.73 Å². The van der Waals surface area contributed by atoms with Gasteiger partial charge >= 0.3 is 0 Å². The molecule has 1 aliphatic carbocycles. The molecule has 1 aromatic heterocycles. The first kappa shape index (κ1) is 13.4. The Hall–Kier alpha value is -1.61. The molecule has 3 nitrogen and oxygen atoms in total. The SMILES string of the molecule is CC1CCCCC1(CN)Nc1nccc2ccccc12. The Labute approximate surface area is 120 Å². The van der Waals surface area contributed by atoms with Gasteiger partial charge in [0.1, 0.15) is 5.82 Å². The Balaban J connectivity index is 1.99. The minimum atomic E-state index is -0.00459. The van der Waals surface area contributed by atoms with Crippen LogP contribution in [0, 0.1) is 5.92 Å². The van der Waals surface area contributed by atoms with Crippen LogP contribution >= 0.6 is 0 Å². The van der Waals surface area contributed by atoms with Gasteiger partial charge in [-0.25, -0.2) is 4.98 Å². The molecule has 1 aromatic carbocycles. The van der Waals surface area contributed by atoms with Gasteiger partial charge in [-0.1, -0.05) is 44.0 Å².